The Labute approximate surface area is 115 Å². The van der Waals surface area contributed by atoms with Crippen molar-refractivity contribution in [1.29, 1.82) is 0 Å². The van der Waals surface area contributed by atoms with Gasteiger partial charge < -0.3 is 14.4 Å². The standard InChI is InChI=1S/C15H25NO3/c1-6-11-9-13(19-12(11)7-2)14(17)16(8-3)10-15(4,5)18/h9,18H,6-8,10H2,1-5H3. The molecule has 1 heterocycles. The van der Waals surface area contributed by atoms with Crippen molar-refractivity contribution in [3.63, 3.8) is 0 Å². The summed E-state index contributed by atoms with van der Waals surface area (Å²) in [5.41, 5.74) is 0.185. The van der Waals surface area contributed by atoms with Crippen molar-refractivity contribution in [2.24, 2.45) is 0 Å². The lowest BCUT2D eigenvalue weighted by atomic mass is 10.1. The highest BCUT2D eigenvalue weighted by Gasteiger charge is 2.25. The third-order valence-electron chi connectivity index (χ3n) is 3.06. The van der Waals surface area contributed by atoms with E-state index in [0.717, 1.165) is 24.2 Å². The van der Waals surface area contributed by atoms with Crippen LogP contribution in [0.15, 0.2) is 10.5 Å². The normalized spacial score (nSPS) is 11.7. The summed E-state index contributed by atoms with van der Waals surface area (Å²) in [6, 6.07) is 1.83. The SMILES string of the molecule is CCc1cc(C(=O)N(CC)CC(C)(C)O)oc1CC. The van der Waals surface area contributed by atoms with E-state index in [1.807, 2.05) is 26.8 Å². The molecule has 0 bridgehead atoms. The molecule has 0 aliphatic heterocycles. The Morgan fingerprint density at radius 3 is 2.32 bits per heavy atom. The first-order valence-corrected chi connectivity index (χ1v) is 6.95. The number of hydrogen-bond acceptors (Lipinski definition) is 3. The second-order valence-corrected chi connectivity index (χ2v) is 5.40. The molecule has 1 N–H and O–H groups in total. The van der Waals surface area contributed by atoms with Crippen LogP contribution in [0.1, 0.15) is 56.5 Å². The van der Waals surface area contributed by atoms with E-state index in [4.69, 9.17) is 4.42 Å². The van der Waals surface area contributed by atoms with Crippen LogP contribution in [-0.4, -0.2) is 34.6 Å². The van der Waals surface area contributed by atoms with Gasteiger partial charge in [0.05, 0.1) is 5.60 Å². The van der Waals surface area contributed by atoms with Gasteiger partial charge in [-0.25, -0.2) is 0 Å². The zero-order valence-electron chi connectivity index (χ0n) is 12.6. The van der Waals surface area contributed by atoms with Gasteiger partial charge in [0.25, 0.3) is 5.91 Å². The minimum absolute atomic E-state index is 0.154. The molecule has 1 aromatic heterocycles. The van der Waals surface area contributed by atoms with Crippen LogP contribution in [0.3, 0.4) is 0 Å². The lowest BCUT2D eigenvalue weighted by molar-refractivity contribution is 0.0298. The van der Waals surface area contributed by atoms with Gasteiger partial charge >= 0.3 is 0 Å². The summed E-state index contributed by atoms with van der Waals surface area (Å²) in [6.45, 7) is 10.2. The summed E-state index contributed by atoms with van der Waals surface area (Å²) in [7, 11) is 0. The number of hydrogen-bond donors (Lipinski definition) is 1. The van der Waals surface area contributed by atoms with Crippen molar-refractivity contribution in [2.75, 3.05) is 13.1 Å². The number of rotatable bonds is 6. The molecule has 4 heteroatoms. The van der Waals surface area contributed by atoms with Crippen molar-refractivity contribution in [3.8, 4) is 0 Å². The molecule has 4 nitrogen and oxygen atoms in total. The van der Waals surface area contributed by atoms with Crippen molar-refractivity contribution >= 4 is 5.91 Å². The van der Waals surface area contributed by atoms with E-state index in [2.05, 4.69) is 0 Å². The molecule has 0 saturated carbocycles. The topological polar surface area (TPSA) is 53.7 Å². The molecular formula is C15H25NO3. The first kappa shape index (κ1) is 15.8. The van der Waals surface area contributed by atoms with E-state index in [1.165, 1.54) is 0 Å². The minimum atomic E-state index is -0.903. The van der Waals surface area contributed by atoms with E-state index in [0.29, 0.717) is 18.8 Å². The van der Waals surface area contributed by atoms with Crippen LogP contribution in [0, 0.1) is 0 Å². The maximum absolute atomic E-state index is 12.4. The summed E-state index contributed by atoms with van der Waals surface area (Å²) < 4.78 is 5.64. The fraction of sp³-hybridized carbons (Fsp3) is 0.667. The highest BCUT2D eigenvalue weighted by atomic mass is 16.4. The van der Waals surface area contributed by atoms with E-state index in [-0.39, 0.29) is 5.91 Å². The van der Waals surface area contributed by atoms with Crippen LogP contribution in [-0.2, 0) is 12.8 Å². The predicted octanol–water partition coefficient (Wildman–Crippen LogP) is 2.64. The third kappa shape index (κ3) is 4.10. The fourth-order valence-corrected chi connectivity index (χ4v) is 2.12. The Morgan fingerprint density at radius 1 is 1.32 bits per heavy atom. The van der Waals surface area contributed by atoms with Gasteiger partial charge in [-0.15, -0.1) is 0 Å². The Morgan fingerprint density at radius 2 is 1.95 bits per heavy atom. The Balaban J connectivity index is 2.94. The number of nitrogens with zero attached hydrogens (tertiary/aromatic N) is 1. The highest BCUT2D eigenvalue weighted by Crippen LogP contribution is 2.19. The lowest BCUT2D eigenvalue weighted by Crippen LogP contribution is -2.42. The highest BCUT2D eigenvalue weighted by molar-refractivity contribution is 5.91. The summed E-state index contributed by atoms with van der Waals surface area (Å²) in [5, 5.41) is 9.84. The molecule has 0 unspecified atom stereocenters. The number of likely N-dealkylation sites (N-methyl/N-ethyl adjacent to an activating group) is 1. The molecule has 0 aliphatic carbocycles. The van der Waals surface area contributed by atoms with Gasteiger partial charge in [-0.1, -0.05) is 13.8 Å². The number of furan rings is 1. The first-order chi connectivity index (χ1) is 8.82. The zero-order valence-corrected chi connectivity index (χ0v) is 12.6. The maximum Gasteiger partial charge on any atom is 0.289 e. The van der Waals surface area contributed by atoms with Gasteiger partial charge in [0.2, 0.25) is 0 Å². The molecule has 1 amide bonds. The molecule has 0 atom stereocenters. The summed E-state index contributed by atoms with van der Waals surface area (Å²) in [4.78, 5) is 14.0. The molecule has 108 valence electrons. The van der Waals surface area contributed by atoms with Crippen LogP contribution in [0.2, 0.25) is 0 Å². The van der Waals surface area contributed by atoms with E-state index in [9.17, 15) is 9.90 Å². The van der Waals surface area contributed by atoms with Gasteiger partial charge in [-0.3, -0.25) is 4.79 Å². The number of amides is 1. The van der Waals surface area contributed by atoms with Gasteiger partial charge in [0, 0.05) is 19.5 Å². The van der Waals surface area contributed by atoms with Crippen molar-refractivity contribution in [3.05, 3.63) is 23.2 Å². The minimum Gasteiger partial charge on any atom is -0.456 e. The first-order valence-electron chi connectivity index (χ1n) is 6.95. The Bertz CT molecular complexity index is 408. The fourth-order valence-electron chi connectivity index (χ4n) is 2.12. The van der Waals surface area contributed by atoms with Crippen molar-refractivity contribution < 1.29 is 14.3 Å². The van der Waals surface area contributed by atoms with Crippen LogP contribution in [0.25, 0.3) is 0 Å². The summed E-state index contributed by atoms with van der Waals surface area (Å²) >= 11 is 0. The molecule has 0 aliphatic rings. The largest absolute Gasteiger partial charge is 0.456 e. The maximum atomic E-state index is 12.4. The molecule has 0 aromatic carbocycles. The van der Waals surface area contributed by atoms with Gasteiger partial charge in [0.1, 0.15) is 5.76 Å². The average Bonchev–Trinajstić information content (AvgIpc) is 2.77. The van der Waals surface area contributed by atoms with E-state index >= 15 is 0 Å². The number of carbonyl (C=O) groups excluding carboxylic acids is 1. The molecular weight excluding hydrogens is 242 g/mol. The molecule has 0 spiro atoms. The molecule has 0 radical (unpaired) electrons. The number of carbonyl (C=O) groups is 1. The Kier molecular flexibility index (Phi) is 5.18. The smallest absolute Gasteiger partial charge is 0.289 e. The number of aryl methyl sites for hydroxylation is 2. The lowest BCUT2D eigenvalue weighted by Gasteiger charge is -2.27. The van der Waals surface area contributed by atoms with Crippen LogP contribution in [0.5, 0.6) is 0 Å². The monoisotopic (exact) mass is 267 g/mol. The molecule has 1 aromatic rings. The second kappa shape index (κ2) is 6.24. The molecule has 1 rings (SSSR count). The second-order valence-electron chi connectivity index (χ2n) is 5.40. The predicted molar refractivity (Wildman–Crippen MR) is 75.3 cm³/mol. The molecule has 0 saturated heterocycles. The summed E-state index contributed by atoms with van der Waals surface area (Å²) in [5.74, 6) is 1.10. The van der Waals surface area contributed by atoms with Crippen LogP contribution in [0.4, 0.5) is 0 Å². The van der Waals surface area contributed by atoms with E-state index < -0.39 is 5.60 Å². The van der Waals surface area contributed by atoms with Gasteiger partial charge in [-0.2, -0.15) is 0 Å². The third-order valence-corrected chi connectivity index (χ3v) is 3.06. The van der Waals surface area contributed by atoms with Crippen LogP contribution >= 0.6 is 0 Å². The van der Waals surface area contributed by atoms with Gasteiger partial charge in [0.15, 0.2) is 5.76 Å². The Hall–Kier alpha value is -1.29. The molecule has 19 heavy (non-hydrogen) atoms. The van der Waals surface area contributed by atoms with Crippen molar-refractivity contribution in [1.82, 2.24) is 4.90 Å². The summed E-state index contributed by atoms with van der Waals surface area (Å²) in [6.07, 6.45) is 1.64. The van der Waals surface area contributed by atoms with Crippen LogP contribution < -0.4 is 0 Å². The quantitative estimate of drug-likeness (QED) is 0.862. The average molecular weight is 267 g/mol. The zero-order chi connectivity index (χ0) is 14.6. The van der Waals surface area contributed by atoms with E-state index in [1.54, 1.807) is 18.7 Å². The molecule has 0 fully saturated rings. The van der Waals surface area contributed by atoms with Crippen molar-refractivity contribution in [2.45, 2.75) is 53.1 Å². The van der Waals surface area contributed by atoms with Gasteiger partial charge in [-0.05, 0) is 38.8 Å². The number of aliphatic hydroxyl groups is 1.